The van der Waals surface area contributed by atoms with Gasteiger partial charge in [-0.3, -0.25) is 0 Å². The summed E-state index contributed by atoms with van der Waals surface area (Å²) in [6.45, 7) is 2.26. The van der Waals surface area contributed by atoms with E-state index in [0.717, 1.165) is 5.92 Å². The molecule has 9 heavy (non-hydrogen) atoms. The van der Waals surface area contributed by atoms with E-state index in [2.05, 4.69) is 25.2 Å². The van der Waals surface area contributed by atoms with Crippen LogP contribution in [0, 0.1) is 5.92 Å². The third-order valence-electron chi connectivity index (χ3n) is 1.72. The van der Waals surface area contributed by atoms with E-state index in [1.807, 2.05) is 0 Å². The summed E-state index contributed by atoms with van der Waals surface area (Å²) in [7, 11) is 5.90. The van der Waals surface area contributed by atoms with Crippen molar-refractivity contribution in [3.05, 3.63) is 21.3 Å². The SMILES string of the molecule is CC1CC=CC=[C]1[Hg][Cl]. The topological polar surface area (TPSA) is 0 Å². The number of allylic oxidation sites excluding steroid dienone is 4. The molecule has 0 nitrogen and oxygen atoms in total. The van der Waals surface area contributed by atoms with Gasteiger partial charge < -0.3 is 0 Å². The molecule has 1 rings (SSSR count). The molecule has 0 N–H and O–H groups in total. The molecule has 1 unspecified atom stereocenters. The predicted octanol–water partition coefficient (Wildman–Crippen LogP) is 2.70. The number of hydrogen-bond donors (Lipinski definition) is 0. The van der Waals surface area contributed by atoms with E-state index in [0.29, 0.717) is 0 Å². The minimum atomic E-state index is -1.05. The molecule has 1 aliphatic carbocycles. The monoisotopic (exact) mass is 330 g/mol. The summed E-state index contributed by atoms with van der Waals surface area (Å²) in [6.07, 6.45) is 7.77. The van der Waals surface area contributed by atoms with Gasteiger partial charge in [0, 0.05) is 0 Å². The van der Waals surface area contributed by atoms with Gasteiger partial charge in [-0.2, -0.15) is 0 Å². The third-order valence-corrected chi connectivity index (χ3v) is 9.26. The second kappa shape index (κ2) is 3.77. The summed E-state index contributed by atoms with van der Waals surface area (Å²) in [5, 5.41) is 0. The van der Waals surface area contributed by atoms with Crippen LogP contribution in [-0.2, 0) is 23.3 Å². The number of hydrogen-bond acceptors (Lipinski definition) is 0. The van der Waals surface area contributed by atoms with Crippen molar-refractivity contribution in [3.63, 3.8) is 0 Å². The van der Waals surface area contributed by atoms with Gasteiger partial charge in [-0.05, 0) is 0 Å². The molecular formula is C7H9ClHg. The molecule has 0 bridgehead atoms. The van der Waals surface area contributed by atoms with Gasteiger partial charge in [-0.25, -0.2) is 0 Å². The van der Waals surface area contributed by atoms with Crippen molar-refractivity contribution in [2.24, 2.45) is 5.92 Å². The maximum absolute atomic E-state index is 5.90. The van der Waals surface area contributed by atoms with Crippen LogP contribution in [0.2, 0.25) is 0 Å². The Morgan fingerprint density at radius 1 is 1.78 bits per heavy atom. The normalized spacial score (nSPS) is 25.1. The fraction of sp³-hybridized carbons (Fsp3) is 0.429. The van der Waals surface area contributed by atoms with Gasteiger partial charge in [0.2, 0.25) is 0 Å². The molecule has 1 aliphatic rings. The molecule has 1 atom stereocenters. The molecule has 46 valence electrons. The van der Waals surface area contributed by atoms with Crippen molar-refractivity contribution in [3.8, 4) is 0 Å². The van der Waals surface area contributed by atoms with Crippen molar-refractivity contribution in [2.75, 3.05) is 0 Å². The third kappa shape index (κ3) is 2.08. The van der Waals surface area contributed by atoms with E-state index in [4.69, 9.17) is 8.25 Å². The van der Waals surface area contributed by atoms with E-state index in [1.54, 1.807) is 3.08 Å². The van der Waals surface area contributed by atoms with Crippen molar-refractivity contribution in [1.29, 1.82) is 0 Å². The van der Waals surface area contributed by atoms with E-state index in [1.165, 1.54) is 6.42 Å². The molecule has 2 heteroatoms. The van der Waals surface area contributed by atoms with E-state index in [-0.39, 0.29) is 0 Å². The van der Waals surface area contributed by atoms with Crippen LogP contribution in [0.25, 0.3) is 0 Å². The van der Waals surface area contributed by atoms with E-state index < -0.39 is 23.3 Å². The zero-order chi connectivity index (χ0) is 6.69. The fourth-order valence-electron chi connectivity index (χ4n) is 0.966. The van der Waals surface area contributed by atoms with Crippen molar-refractivity contribution in [1.82, 2.24) is 0 Å². The summed E-state index contributed by atoms with van der Waals surface area (Å²) in [6, 6.07) is 0. The van der Waals surface area contributed by atoms with Crippen LogP contribution in [0.3, 0.4) is 0 Å². The van der Waals surface area contributed by atoms with Gasteiger partial charge in [0.25, 0.3) is 0 Å². The second-order valence-corrected chi connectivity index (χ2v) is 9.00. The zero-order valence-corrected chi connectivity index (χ0v) is 11.9. The van der Waals surface area contributed by atoms with Crippen molar-refractivity contribution in [2.45, 2.75) is 13.3 Å². The summed E-state index contributed by atoms with van der Waals surface area (Å²) < 4.78 is 1.58. The Morgan fingerprint density at radius 3 is 3.00 bits per heavy atom. The number of halogens is 1. The van der Waals surface area contributed by atoms with Gasteiger partial charge in [-0.1, -0.05) is 0 Å². The Labute approximate surface area is 71.8 Å². The predicted molar refractivity (Wildman–Crippen MR) is 36.9 cm³/mol. The second-order valence-electron chi connectivity index (χ2n) is 2.44. The van der Waals surface area contributed by atoms with Crippen LogP contribution >= 0.6 is 8.25 Å². The first-order valence-electron chi connectivity index (χ1n) is 3.26. The molecule has 0 heterocycles. The molecule has 0 spiro atoms. The van der Waals surface area contributed by atoms with Crippen molar-refractivity contribution < 1.29 is 23.3 Å². The van der Waals surface area contributed by atoms with Crippen LogP contribution in [-0.4, -0.2) is 0 Å². The van der Waals surface area contributed by atoms with Gasteiger partial charge in [0.1, 0.15) is 0 Å². The van der Waals surface area contributed by atoms with Crippen LogP contribution in [0.4, 0.5) is 0 Å². The maximum atomic E-state index is 5.90. The van der Waals surface area contributed by atoms with E-state index >= 15 is 0 Å². The average Bonchev–Trinajstić information content (AvgIpc) is 1.89. The molecule has 0 aliphatic heterocycles. The molecule has 0 amide bonds. The summed E-state index contributed by atoms with van der Waals surface area (Å²) >= 11 is -1.05. The molecule has 0 aromatic carbocycles. The Bertz CT molecular complexity index is 149. The average molecular weight is 329 g/mol. The van der Waals surface area contributed by atoms with Gasteiger partial charge >= 0.3 is 72.2 Å². The Balaban J connectivity index is 2.63. The van der Waals surface area contributed by atoms with Crippen LogP contribution in [0.5, 0.6) is 0 Å². The van der Waals surface area contributed by atoms with E-state index in [9.17, 15) is 0 Å². The fourth-order valence-corrected chi connectivity index (χ4v) is 6.61. The molecule has 0 aromatic rings. The van der Waals surface area contributed by atoms with Gasteiger partial charge in [0.05, 0.1) is 0 Å². The first-order valence-corrected chi connectivity index (χ1v) is 12.8. The Morgan fingerprint density at radius 2 is 2.56 bits per heavy atom. The standard InChI is InChI=1S/C7H9.ClH.Hg/c1-7-5-3-2-4-6-7;;/h2-4,7H,5H2,1H3;1H;/q;;+1/p-1. The van der Waals surface area contributed by atoms with Crippen molar-refractivity contribution >= 4 is 8.25 Å². The molecule has 0 fully saturated rings. The van der Waals surface area contributed by atoms with Crippen LogP contribution < -0.4 is 0 Å². The molecule has 0 saturated carbocycles. The first-order chi connectivity index (χ1) is 4.34. The van der Waals surface area contributed by atoms with Crippen LogP contribution in [0.15, 0.2) is 21.3 Å². The molecular weight excluding hydrogens is 320 g/mol. The Hall–Kier alpha value is 0.705. The molecule has 0 aromatic heterocycles. The summed E-state index contributed by atoms with van der Waals surface area (Å²) in [4.78, 5) is 0. The zero-order valence-electron chi connectivity index (χ0n) is 5.60. The van der Waals surface area contributed by atoms with Gasteiger partial charge in [-0.15, -0.1) is 0 Å². The minimum absolute atomic E-state index is 0.758. The molecule has 0 saturated heterocycles. The Kier molecular flexibility index (Phi) is 3.27. The summed E-state index contributed by atoms with van der Waals surface area (Å²) in [5.74, 6) is 0.758. The number of rotatable bonds is 1. The summed E-state index contributed by atoms with van der Waals surface area (Å²) in [5.41, 5.74) is 0. The quantitative estimate of drug-likeness (QED) is 0.649. The molecule has 0 radical (unpaired) electrons. The first kappa shape index (κ1) is 7.81. The van der Waals surface area contributed by atoms with Crippen LogP contribution in [0.1, 0.15) is 13.3 Å². The van der Waals surface area contributed by atoms with Gasteiger partial charge in [0.15, 0.2) is 0 Å².